The van der Waals surface area contributed by atoms with E-state index in [1.54, 1.807) is 0 Å². The predicted molar refractivity (Wildman–Crippen MR) is 91.8 cm³/mol. The molecule has 0 aliphatic carbocycles. The number of nitrogens with zero attached hydrogens (tertiary/aromatic N) is 1. The van der Waals surface area contributed by atoms with Gasteiger partial charge in [-0.15, -0.1) is 0 Å². The molecule has 3 nitrogen and oxygen atoms in total. The van der Waals surface area contributed by atoms with Gasteiger partial charge in [0, 0.05) is 32.0 Å². The van der Waals surface area contributed by atoms with E-state index in [9.17, 15) is 5.11 Å². The van der Waals surface area contributed by atoms with E-state index in [0.717, 1.165) is 26.1 Å². The van der Waals surface area contributed by atoms with Gasteiger partial charge in [-0.2, -0.15) is 0 Å². The topological polar surface area (TPSA) is 37.2 Å². The molecule has 0 radical (unpaired) electrons. The minimum atomic E-state index is -0.247. The molecule has 0 bridgehead atoms. The zero-order valence-electron chi connectivity index (χ0n) is 13.9. The molecule has 2 N–H and O–H groups in total. The first-order valence-corrected chi connectivity index (χ1v) is 8.02. The van der Waals surface area contributed by atoms with Gasteiger partial charge in [-0.25, -0.2) is 0 Å². The monoisotopic (exact) mass is 300 g/mol. The lowest BCUT2D eigenvalue weighted by atomic mass is 9.87. The molecule has 0 amide bonds. The molecule has 1 atom stereocenters. The van der Waals surface area contributed by atoms with Crippen molar-refractivity contribution in [1.29, 1.82) is 0 Å². The van der Waals surface area contributed by atoms with Gasteiger partial charge in [-0.3, -0.25) is 0 Å². The molecule has 0 saturated carbocycles. The van der Waals surface area contributed by atoms with Crippen molar-refractivity contribution >= 4 is 0 Å². The van der Waals surface area contributed by atoms with Crippen LogP contribution in [0.25, 0.3) is 0 Å². The highest BCUT2D eigenvalue weighted by Gasteiger charge is 2.19. The van der Waals surface area contributed by atoms with Crippen molar-refractivity contribution in [2.45, 2.75) is 46.4 Å². The molecular formula is C19H28N2O. The van der Waals surface area contributed by atoms with E-state index in [1.807, 2.05) is 13.0 Å². The van der Waals surface area contributed by atoms with Gasteiger partial charge in [0.05, 0.1) is 6.10 Å². The minimum Gasteiger partial charge on any atom is -0.393 e. The molecule has 3 heteroatoms. The Labute approximate surface area is 134 Å². The Morgan fingerprint density at radius 2 is 1.86 bits per heavy atom. The van der Waals surface area contributed by atoms with E-state index in [2.05, 4.69) is 66.5 Å². The number of hydrogen-bond acceptors (Lipinski definition) is 2. The number of aromatic nitrogens is 1. The molecule has 0 spiro atoms. The summed E-state index contributed by atoms with van der Waals surface area (Å²) in [5.41, 5.74) is 2.72. The third-order valence-electron chi connectivity index (χ3n) is 3.80. The van der Waals surface area contributed by atoms with Crippen LogP contribution in [0.15, 0.2) is 48.8 Å². The normalized spacial score (nSPS) is 13.3. The smallest absolute Gasteiger partial charge is 0.0517 e. The van der Waals surface area contributed by atoms with Gasteiger partial charge in [-0.1, -0.05) is 44.2 Å². The van der Waals surface area contributed by atoms with E-state index in [-0.39, 0.29) is 11.5 Å². The second-order valence-corrected chi connectivity index (χ2v) is 7.00. The quantitative estimate of drug-likeness (QED) is 0.784. The van der Waals surface area contributed by atoms with Crippen LogP contribution >= 0.6 is 0 Å². The Bertz CT molecular complexity index is 558. The van der Waals surface area contributed by atoms with Crippen LogP contribution in [-0.2, 0) is 13.1 Å². The minimum absolute atomic E-state index is 0.112. The van der Waals surface area contributed by atoms with Crippen molar-refractivity contribution < 1.29 is 5.11 Å². The van der Waals surface area contributed by atoms with E-state index >= 15 is 0 Å². The maximum atomic E-state index is 9.52. The van der Waals surface area contributed by atoms with Gasteiger partial charge in [0.15, 0.2) is 0 Å². The fourth-order valence-electron chi connectivity index (χ4n) is 2.90. The SMILES string of the molecule is CC(O)CC(C)(C)CNCc1ccn(Cc2ccccc2)c1. The summed E-state index contributed by atoms with van der Waals surface area (Å²) in [6.45, 7) is 8.91. The maximum Gasteiger partial charge on any atom is 0.0517 e. The van der Waals surface area contributed by atoms with E-state index < -0.39 is 0 Å². The summed E-state index contributed by atoms with van der Waals surface area (Å²) in [6.07, 6.45) is 4.89. The summed E-state index contributed by atoms with van der Waals surface area (Å²) in [6, 6.07) is 12.7. The van der Waals surface area contributed by atoms with Crippen LogP contribution in [0.2, 0.25) is 0 Å². The van der Waals surface area contributed by atoms with Crippen LogP contribution in [0.4, 0.5) is 0 Å². The highest BCUT2D eigenvalue weighted by atomic mass is 16.3. The zero-order chi connectivity index (χ0) is 16.0. The lowest BCUT2D eigenvalue weighted by Gasteiger charge is -2.26. The molecule has 1 heterocycles. The van der Waals surface area contributed by atoms with Gasteiger partial charge in [0.2, 0.25) is 0 Å². The summed E-state index contributed by atoms with van der Waals surface area (Å²) in [4.78, 5) is 0. The second-order valence-electron chi connectivity index (χ2n) is 7.00. The van der Waals surface area contributed by atoms with Crippen LogP contribution in [-0.4, -0.2) is 22.3 Å². The molecule has 0 saturated heterocycles. The summed E-state index contributed by atoms with van der Waals surface area (Å²) in [5.74, 6) is 0. The first-order valence-electron chi connectivity index (χ1n) is 8.02. The van der Waals surface area contributed by atoms with Gasteiger partial charge in [-0.05, 0) is 36.0 Å². The van der Waals surface area contributed by atoms with Crippen molar-refractivity contribution in [2.75, 3.05) is 6.54 Å². The van der Waals surface area contributed by atoms with Crippen LogP contribution in [0.3, 0.4) is 0 Å². The molecule has 2 aromatic rings. The van der Waals surface area contributed by atoms with Crippen molar-refractivity contribution in [3.05, 3.63) is 59.9 Å². The number of nitrogens with one attached hydrogen (secondary N) is 1. The van der Waals surface area contributed by atoms with Crippen LogP contribution in [0.5, 0.6) is 0 Å². The van der Waals surface area contributed by atoms with Crippen molar-refractivity contribution in [1.82, 2.24) is 9.88 Å². The fourth-order valence-corrected chi connectivity index (χ4v) is 2.90. The molecular weight excluding hydrogens is 272 g/mol. The summed E-state index contributed by atoms with van der Waals surface area (Å²) in [7, 11) is 0. The standard InChI is InChI=1S/C19H28N2O/c1-16(22)11-19(2,3)15-20-12-18-9-10-21(14-18)13-17-7-5-4-6-8-17/h4-10,14,16,20,22H,11-13,15H2,1-3H3. The number of hydrogen-bond donors (Lipinski definition) is 2. The largest absolute Gasteiger partial charge is 0.393 e. The molecule has 2 rings (SSSR count). The molecule has 0 aliphatic rings. The Kier molecular flexibility index (Phi) is 5.81. The highest BCUT2D eigenvalue weighted by Crippen LogP contribution is 2.21. The lowest BCUT2D eigenvalue weighted by molar-refractivity contribution is 0.128. The first-order chi connectivity index (χ1) is 10.4. The van der Waals surface area contributed by atoms with Crippen molar-refractivity contribution in [3.8, 4) is 0 Å². The Morgan fingerprint density at radius 3 is 2.55 bits per heavy atom. The van der Waals surface area contributed by atoms with E-state index in [4.69, 9.17) is 0 Å². The number of benzene rings is 1. The van der Waals surface area contributed by atoms with E-state index in [1.165, 1.54) is 11.1 Å². The second kappa shape index (κ2) is 7.61. The lowest BCUT2D eigenvalue weighted by Crippen LogP contribution is -2.31. The summed E-state index contributed by atoms with van der Waals surface area (Å²) in [5, 5.41) is 13.0. The number of aliphatic hydroxyl groups is 1. The van der Waals surface area contributed by atoms with Gasteiger partial charge >= 0.3 is 0 Å². The average Bonchev–Trinajstić information content (AvgIpc) is 2.85. The van der Waals surface area contributed by atoms with Gasteiger partial charge in [0.1, 0.15) is 0 Å². The average molecular weight is 300 g/mol. The Hall–Kier alpha value is -1.58. The van der Waals surface area contributed by atoms with Crippen molar-refractivity contribution in [3.63, 3.8) is 0 Å². The molecule has 1 aromatic carbocycles. The third kappa shape index (κ3) is 5.66. The van der Waals surface area contributed by atoms with Crippen molar-refractivity contribution in [2.24, 2.45) is 5.41 Å². The third-order valence-corrected chi connectivity index (χ3v) is 3.80. The molecule has 0 fully saturated rings. The van der Waals surface area contributed by atoms with Crippen LogP contribution < -0.4 is 5.32 Å². The number of rotatable bonds is 8. The predicted octanol–water partition coefficient (Wildman–Crippen LogP) is 3.42. The van der Waals surface area contributed by atoms with Crippen LogP contribution in [0.1, 0.15) is 38.3 Å². The summed E-state index contributed by atoms with van der Waals surface area (Å²) >= 11 is 0. The maximum absolute atomic E-state index is 9.52. The van der Waals surface area contributed by atoms with Gasteiger partial charge < -0.3 is 15.0 Å². The summed E-state index contributed by atoms with van der Waals surface area (Å²) < 4.78 is 2.22. The highest BCUT2D eigenvalue weighted by molar-refractivity contribution is 5.17. The van der Waals surface area contributed by atoms with E-state index in [0.29, 0.717) is 0 Å². The van der Waals surface area contributed by atoms with Crippen LogP contribution in [0, 0.1) is 5.41 Å². The molecule has 22 heavy (non-hydrogen) atoms. The Balaban J connectivity index is 1.80. The fraction of sp³-hybridized carbons (Fsp3) is 0.474. The first kappa shape index (κ1) is 16.8. The Morgan fingerprint density at radius 1 is 1.14 bits per heavy atom. The van der Waals surface area contributed by atoms with Gasteiger partial charge in [0.25, 0.3) is 0 Å². The molecule has 1 unspecified atom stereocenters. The molecule has 0 aliphatic heterocycles. The molecule has 1 aromatic heterocycles. The number of aliphatic hydroxyl groups excluding tert-OH is 1. The zero-order valence-corrected chi connectivity index (χ0v) is 13.9. The molecule has 120 valence electrons.